The van der Waals surface area contributed by atoms with Gasteiger partial charge in [-0.25, -0.2) is 14.8 Å². The summed E-state index contributed by atoms with van der Waals surface area (Å²) in [6.07, 6.45) is 6.16. The average Bonchev–Trinajstić information content (AvgIpc) is 2.60. The molecule has 0 fully saturated rings. The third kappa shape index (κ3) is 2.99. The van der Waals surface area contributed by atoms with E-state index in [4.69, 9.17) is 0 Å². The summed E-state index contributed by atoms with van der Waals surface area (Å²) in [5.74, 6) is -1.12. The molecular weight excluding hydrogens is 292 g/mol. The molecule has 0 bridgehead atoms. The molecule has 2 aromatic rings. The van der Waals surface area contributed by atoms with Gasteiger partial charge in [-0.2, -0.15) is 0 Å². The number of rotatable bonds is 4. The number of carbonyl (C=O) groups is 2. The lowest BCUT2D eigenvalue weighted by Crippen LogP contribution is -2.15. The third-order valence-electron chi connectivity index (χ3n) is 4.21. The first-order chi connectivity index (χ1) is 11.1. The number of aromatic nitrogens is 2. The summed E-state index contributed by atoms with van der Waals surface area (Å²) < 4.78 is 0. The number of hydrogen-bond acceptors (Lipinski definition) is 4. The van der Waals surface area contributed by atoms with E-state index in [0.29, 0.717) is 17.8 Å². The van der Waals surface area contributed by atoms with E-state index in [1.807, 2.05) is 19.1 Å². The van der Waals surface area contributed by atoms with Crippen molar-refractivity contribution in [2.45, 2.75) is 39.0 Å². The molecule has 3 rings (SSSR count). The second-order valence-electron chi connectivity index (χ2n) is 5.73. The molecule has 1 aliphatic carbocycles. The summed E-state index contributed by atoms with van der Waals surface area (Å²) in [7, 11) is 0. The Hall–Kier alpha value is -2.56. The summed E-state index contributed by atoms with van der Waals surface area (Å²) in [6, 6.07) is 5.63. The van der Waals surface area contributed by atoms with Gasteiger partial charge in [-0.05, 0) is 42.9 Å². The van der Waals surface area contributed by atoms with Crippen molar-refractivity contribution in [3.8, 4) is 0 Å². The molecule has 118 valence electrons. The molecule has 0 radical (unpaired) electrons. The number of carboxylic acid groups (broad SMARTS) is 1. The Kier molecular flexibility index (Phi) is 4.19. The first-order valence-corrected chi connectivity index (χ1v) is 7.86. The number of nitrogens with zero attached hydrogens (tertiary/aromatic N) is 2. The van der Waals surface area contributed by atoms with E-state index < -0.39 is 5.97 Å². The number of carbonyl (C=O) groups excluding carboxylic acids is 1. The minimum Gasteiger partial charge on any atom is -0.476 e. The topological polar surface area (TPSA) is 80.2 Å². The summed E-state index contributed by atoms with van der Waals surface area (Å²) in [5.41, 5.74) is 2.79. The summed E-state index contributed by atoms with van der Waals surface area (Å²) in [6.45, 7) is 1.84. The van der Waals surface area contributed by atoms with Gasteiger partial charge in [0, 0.05) is 18.2 Å². The van der Waals surface area contributed by atoms with Gasteiger partial charge in [0.15, 0.2) is 11.5 Å². The molecule has 1 N–H and O–H groups in total. The molecule has 1 heterocycles. The van der Waals surface area contributed by atoms with Crippen molar-refractivity contribution in [2.75, 3.05) is 0 Å². The lowest BCUT2D eigenvalue weighted by molar-refractivity contribution is 0.0685. The Morgan fingerprint density at radius 3 is 2.61 bits per heavy atom. The van der Waals surface area contributed by atoms with Crippen LogP contribution in [-0.2, 0) is 19.3 Å². The predicted molar refractivity (Wildman–Crippen MR) is 84.9 cm³/mol. The lowest BCUT2D eigenvalue weighted by atomic mass is 9.89. The number of carboxylic acids is 1. The molecule has 1 aromatic heterocycles. The van der Waals surface area contributed by atoms with Gasteiger partial charge in [0.25, 0.3) is 0 Å². The van der Waals surface area contributed by atoms with E-state index in [9.17, 15) is 14.7 Å². The number of aryl methyl sites for hydroxylation is 3. The van der Waals surface area contributed by atoms with Gasteiger partial charge in [-0.15, -0.1) is 0 Å². The van der Waals surface area contributed by atoms with E-state index >= 15 is 0 Å². The molecule has 0 spiro atoms. The van der Waals surface area contributed by atoms with Crippen molar-refractivity contribution in [3.63, 3.8) is 0 Å². The molecule has 0 aliphatic heterocycles. The Balaban J connectivity index is 2.02. The second-order valence-corrected chi connectivity index (χ2v) is 5.73. The zero-order valence-electron chi connectivity index (χ0n) is 13.0. The normalized spacial score (nSPS) is 13.4. The SMILES string of the molecule is CCc1ncc(C(=O)c2ccc3c(c2)CCCC3)c(C(=O)O)n1. The van der Waals surface area contributed by atoms with Crippen molar-refractivity contribution in [3.05, 3.63) is 58.2 Å². The molecule has 0 atom stereocenters. The lowest BCUT2D eigenvalue weighted by Gasteiger charge is -2.16. The second kappa shape index (κ2) is 6.28. The van der Waals surface area contributed by atoms with E-state index in [-0.39, 0.29) is 17.0 Å². The summed E-state index contributed by atoms with van der Waals surface area (Å²) in [4.78, 5) is 32.2. The van der Waals surface area contributed by atoms with Crippen molar-refractivity contribution < 1.29 is 14.7 Å². The highest BCUT2D eigenvalue weighted by molar-refractivity contribution is 6.13. The molecule has 5 heteroatoms. The minimum absolute atomic E-state index is 0.0467. The van der Waals surface area contributed by atoms with Gasteiger partial charge in [-0.3, -0.25) is 4.79 Å². The molecule has 0 saturated heterocycles. The third-order valence-corrected chi connectivity index (χ3v) is 4.21. The van der Waals surface area contributed by atoms with Crippen LogP contribution in [0.1, 0.15) is 63.1 Å². The first kappa shape index (κ1) is 15.3. The van der Waals surface area contributed by atoms with E-state index in [1.54, 1.807) is 6.07 Å². The maximum atomic E-state index is 12.7. The number of fused-ring (bicyclic) bond motifs is 1. The smallest absolute Gasteiger partial charge is 0.355 e. The Morgan fingerprint density at radius 2 is 1.91 bits per heavy atom. The predicted octanol–water partition coefficient (Wildman–Crippen LogP) is 2.85. The fraction of sp³-hybridized carbons (Fsp3) is 0.333. The molecule has 0 saturated carbocycles. The largest absolute Gasteiger partial charge is 0.476 e. The number of ketones is 1. The zero-order valence-corrected chi connectivity index (χ0v) is 13.0. The quantitative estimate of drug-likeness (QED) is 0.878. The molecule has 23 heavy (non-hydrogen) atoms. The highest BCUT2D eigenvalue weighted by Gasteiger charge is 2.22. The molecular formula is C18H18N2O3. The molecule has 0 unspecified atom stereocenters. The van der Waals surface area contributed by atoms with Crippen LogP contribution in [0.2, 0.25) is 0 Å². The van der Waals surface area contributed by atoms with Crippen LogP contribution in [0, 0.1) is 0 Å². The molecule has 1 aliphatic rings. The molecule has 0 amide bonds. The maximum Gasteiger partial charge on any atom is 0.355 e. The number of aromatic carboxylic acids is 1. The van der Waals surface area contributed by atoms with Crippen LogP contribution >= 0.6 is 0 Å². The zero-order chi connectivity index (χ0) is 16.4. The van der Waals surface area contributed by atoms with Crippen LogP contribution in [0.5, 0.6) is 0 Å². The highest BCUT2D eigenvalue weighted by Crippen LogP contribution is 2.23. The molecule has 5 nitrogen and oxygen atoms in total. The highest BCUT2D eigenvalue weighted by atomic mass is 16.4. The maximum absolute atomic E-state index is 12.7. The van der Waals surface area contributed by atoms with Gasteiger partial charge in [0.1, 0.15) is 5.82 Å². The Morgan fingerprint density at radius 1 is 1.17 bits per heavy atom. The van der Waals surface area contributed by atoms with Crippen molar-refractivity contribution in [2.24, 2.45) is 0 Å². The van der Waals surface area contributed by atoms with Gasteiger partial charge in [0.05, 0.1) is 5.56 Å². The van der Waals surface area contributed by atoms with Crippen LogP contribution in [0.15, 0.2) is 24.4 Å². The van der Waals surface area contributed by atoms with Crippen LogP contribution in [0.25, 0.3) is 0 Å². The van der Waals surface area contributed by atoms with E-state index in [0.717, 1.165) is 19.3 Å². The van der Waals surface area contributed by atoms with Crippen molar-refractivity contribution in [1.82, 2.24) is 9.97 Å². The van der Waals surface area contributed by atoms with Crippen LogP contribution < -0.4 is 0 Å². The number of hydrogen-bond donors (Lipinski definition) is 1. The number of benzene rings is 1. The summed E-state index contributed by atoms with van der Waals surface area (Å²) >= 11 is 0. The monoisotopic (exact) mass is 310 g/mol. The fourth-order valence-electron chi connectivity index (χ4n) is 2.95. The van der Waals surface area contributed by atoms with E-state index in [2.05, 4.69) is 9.97 Å². The van der Waals surface area contributed by atoms with Gasteiger partial charge in [0.2, 0.25) is 0 Å². The van der Waals surface area contributed by atoms with Gasteiger partial charge < -0.3 is 5.11 Å². The minimum atomic E-state index is -1.21. The first-order valence-electron chi connectivity index (χ1n) is 7.86. The Bertz CT molecular complexity index is 784. The fourth-order valence-corrected chi connectivity index (χ4v) is 2.95. The van der Waals surface area contributed by atoms with Gasteiger partial charge in [-0.1, -0.05) is 19.1 Å². The standard InChI is InChI=1S/C18H18N2O3/c1-2-15-19-10-14(16(20-15)18(22)23)17(21)13-8-7-11-5-3-4-6-12(11)9-13/h7-10H,2-6H2,1H3,(H,22,23). The summed E-state index contributed by atoms with van der Waals surface area (Å²) in [5, 5.41) is 9.33. The molecule has 1 aromatic carbocycles. The van der Waals surface area contributed by atoms with Gasteiger partial charge >= 0.3 is 5.97 Å². The van der Waals surface area contributed by atoms with Crippen molar-refractivity contribution in [1.29, 1.82) is 0 Å². The van der Waals surface area contributed by atoms with Crippen LogP contribution in [0.4, 0.5) is 0 Å². The van der Waals surface area contributed by atoms with Crippen LogP contribution in [-0.4, -0.2) is 26.8 Å². The van der Waals surface area contributed by atoms with E-state index in [1.165, 1.54) is 23.7 Å². The van der Waals surface area contributed by atoms with Crippen molar-refractivity contribution >= 4 is 11.8 Å². The Labute approximate surface area is 134 Å². The average molecular weight is 310 g/mol. The van der Waals surface area contributed by atoms with Crippen LogP contribution in [0.3, 0.4) is 0 Å².